The monoisotopic (exact) mass is 158 g/mol. The van der Waals surface area contributed by atoms with Gasteiger partial charge in [0, 0.05) is 12.8 Å². The fourth-order valence-electron chi connectivity index (χ4n) is 1.65. The molecule has 64 valence electrons. The summed E-state index contributed by atoms with van der Waals surface area (Å²) in [5, 5.41) is 0. The van der Waals surface area contributed by atoms with Crippen LogP contribution in [0.2, 0.25) is 0 Å². The van der Waals surface area contributed by atoms with Gasteiger partial charge in [-0.3, -0.25) is 10.2 Å². The molecule has 0 bridgehead atoms. The summed E-state index contributed by atoms with van der Waals surface area (Å²) in [6, 6.07) is 0. The van der Waals surface area contributed by atoms with Gasteiger partial charge in [-0.2, -0.15) is 0 Å². The van der Waals surface area contributed by atoms with Crippen LogP contribution >= 0.6 is 0 Å². The molecule has 1 fully saturated rings. The van der Waals surface area contributed by atoms with Crippen molar-refractivity contribution in [3.63, 3.8) is 0 Å². The van der Waals surface area contributed by atoms with Gasteiger partial charge in [-0.05, 0) is 0 Å². The highest BCUT2D eigenvalue weighted by Crippen LogP contribution is 2.14. The smallest absolute Gasteiger partial charge is 0.289 e. The lowest BCUT2D eigenvalue weighted by atomic mass is 10.4. The van der Waals surface area contributed by atoms with Gasteiger partial charge in [0.15, 0.2) is 6.54 Å². The average molecular weight is 158 g/mol. The number of amides is 1. The van der Waals surface area contributed by atoms with Crippen LogP contribution in [0.4, 0.5) is 0 Å². The third-order valence-corrected chi connectivity index (χ3v) is 2.33. The highest BCUT2D eigenvalue weighted by atomic mass is 16.2. The topological polar surface area (TPSA) is 55.1 Å². The molecule has 3 N–H and O–H groups in total. The molecule has 0 radical (unpaired) electrons. The highest BCUT2D eigenvalue weighted by Gasteiger charge is 2.28. The lowest BCUT2D eigenvalue weighted by Gasteiger charge is -2.27. The van der Waals surface area contributed by atoms with E-state index in [1.54, 1.807) is 0 Å². The zero-order chi connectivity index (χ0) is 8.32. The number of hydrogen-bond donors (Lipinski definition) is 2. The van der Waals surface area contributed by atoms with Gasteiger partial charge in [0.1, 0.15) is 0 Å². The molecule has 1 rings (SSSR count). The van der Waals surface area contributed by atoms with Crippen molar-refractivity contribution in [2.75, 3.05) is 26.7 Å². The van der Waals surface area contributed by atoms with E-state index in [1.807, 2.05) is 0 Å². The van der Waals surface area contributed by atoms with Crippen LogP contribution in [0, 0.1) is 0 Å². The molecule has 1 aliphatic heterocycles. The van der Waals surface area contributed by atoms with Crippen LogP contribution in [0.3, 0.4) is 0 Å². The fraction of sp³-hybridized carbons (Fsp3) is 0.857. The normalized spacial score (nSPS) is 21.6. The molecule has 1 amide bonds. The van der Waals surface area contributed by atoms with Gasteiger partial charge < -0.3 is 4.48 Å². The van der Waals surface area contributed by atoms with Crippen LogP contribution in [0.5, 0.6) is 0 Å². The van der Waals surface area contributed by atoms with E-state index in [-0.39, 0.29) is 5.91 Å². The van der Waals surface area contributed by atoms with E-state index < -0.39 is 0 Å². The molecule has 0 atom stereocenters. The van der Waals surface area contributed by atoms with Gasteiger partial charge in [0.2, 0.25) is 0 Å². The Labute approximate surface area is 66.9 Å². The fourth-order valence-corrected chi connectivity index (χ4v) is 1.65. The van der Waals surface area contributed by atoms with Crippen LogP contribution in [-0.4, -0.2) is 37.1 Å². The SMILES string of the molecule is C[N+]1(CC(=O)NN)CCCC1. The summed E-state index contributed by atoms with van der Waals surface area (Å²) in [5.41, 5.74) is 2.16. The second-order valence-electron chi connectivity index (χ2n) is 3.50. The van der Waals surface area contributed by atoms with E-state index in [0.29, 0.717) is 6.54 Å². The maximum Gasteiger partial charge on any atom is 0.289 e. The van der Waals surface area contributed by atoms with Crippen LogP contribution in [-0.2, 0) is 4.79 Å². The number of likely N-dealkylation sites (tertiary alicyclic amines) is 1. The zero-order valence-corrected chi connectivity index (χ0v) is 6.97. The molecule has 0 aromatic rings. The van der Waals surface area contributed by atoms with Gasteiger partial charge >= 0.3 is 0 Å². The number of nitrogens with one attached hydrogen (secondary N) is 1. The minimum atomic E-state index is -0.0607. The Kier molecular flexibility index (Phi) is 2.46. The van der Waals surface area contributed by atoms with Crippen molar-refractivity contribution < 1.29 is 9.28 Å². The number of carbonyl (C=O) groups is 1. The van der Waals surface area contributed by atoms with Crippen LogP contribution in [0.1, 0.15) is 12.8 Å². The van der Waals surface area contributed by atoms with E-state index >= 15 is 0 Å². The van der Waals surface area contributed by atoms with Crippen molar-refractivity contribution in [1.82, 2.24) is 5.43 Å². The number of likely N-dealkylation sites (N-methyl/N-ethyl adjacent to an activating group) is 1. The summed E-state index contributed by atoms with van der Waals surface area (Å²) < 4.78 is 0.850. The van der Waals surface area contributed by atoms with Crippen molar-refractivity contribution in [1.29, 1.82) is 0 Å². The van der Waals surface area contributed by atoms with Gasteiger partial charge in [-0.15, -0.1) is 0 Å². The Morgan fingerprint density at radius 3 is 2.55 bits per heavy atom. The third kappa shape index (κ3) is 2.17. The van der Waals surface area contributed by atoms with Crippen molar-refractivity contribution >= 4 is 5.91 Å². The molecule has 0 saturated carbocycles. The molecule has 0 aliphatic carbocycles. The molecule has 1 aliphatic rings. The number of hydrogen-bond acceptors (Lipinski definition) is 2. The van der Waals surface area contributed by atoms with Gasteiger partial charge in [-0.25, -0.2) is 5.84 Å². The van der Waals surface area contributed by atoms with Crippen molar-refractivity contribution in [3.8, 4) is 0 Å². The molecule has 0 aromatic heterocycles. The van der Waals surface area contributed by atoms with Gasteiger partial charge in [0.05, 0.1) is 20.1 Å². The first-order chi connectivity index (χ1) is 5.16. The molecular weight excluding hydrogens is 142 g/mol. The molecule has 1 heterocycles. The molecule has 1 saturated heterocycles. The van der Waals surface area contributed by atoms with E-state index in [0.717, 1.165) is 17.6 Å². The summed E-state index contributed by atoms with van der Waals surface area (Å²) in [4.78, 5) is 10.9. The Balaban J connectivity index is 2.39. The number of nitrogens with two attached hydrogens (primary N) is 1. The highest BCUT2D eigenvalue weighted by molar-refractivity contribution is 5.76. The Morgan fingerprint density at radius 1 is 1.55 bits per heavy atom. The molecule has 4 nitrogen and oxygen atoms in total. The zero-order valence-electron chi connectivity index (χ0n) is 6.97. The Bertz CT molecular complexity index is 152. The maximum absolute atomic E-state index is 10.9. The summed E-state index contributed by atoms with van der Waals surface area (Å²) in [6.45, 7) is 2.73. The lowest BCUT2D eigenvalue weighted by Crippen LogP contribution is -2.49. The minimum absolute atomic E-state index is 0.0607. The summed E-state index contributed by atoms with van der Waals surface area (Å²) in [5.74, 6) is 4.94. The molecule has 4 heteroatoms. The van der Waals surface area contributed by atoms with E-state index in [2.05, 4.69) is 12.5 Å². The molecule has 0 aromatic carbocycles. The number of carbonyl (C=O) groups excluding carboxylic acids is 1. The number of hydrazine groups is 1. The van der Waals surface area contributed by atoms with Crippen LogP contribution < -0.4 is 11.3 Å². The molecular formula is C7H16N3O+. The molecule has 11 heavy (non-hydrogen) atoms. The number of nitrogens with zero attached hydrogens (tertiary/aromatic N) is 1. The first-order valence-electron chi connectivity index (χ1n) is 3.99. The lowest BCUT2D eigenvalue weighted by molar-refractivity contribution is -0.889. The average Bonchev–Trinajstić information content (AvgIpc) is 2.36. The predicted molar refractivity (Wildman–Crippen MR) is 42.3 cm³/mol. The Hall–Kier alpha value is -0.610. The summed E-state index contributed by atoms with van der Waals surface area (Å²) in [7, 11) is 2.10. The van der Waals surface area contributed by atoms with Crippen LogP contribution in [0.15, 0.2) is 0 Å². The Morgan fingerprint density at radius 2 is 2.09 bits per heavy atom. The first kappa shape index (κ1) is 8.49. The maximum atomic E-state index is 10.9. The predicted octanol–water partition coefficient (Wildman–Crippen LogP) is -0.783. The van der Waals surface area contributed by atoms with Crippen molar-refractivity contribution in [2.24, 2.45) is 5.84 Å². The van der Waals surface area contributed by atoms with Crippen LogP contribution in [0.25, 0.3) is 0 Å². The second-order valence-corrected chi connectivity index (χ2v) is 3.50. The largest absolute Gasteiger partial charge is 0.318 e. The quantitative estimate of drug-likeness (QED) is 0.240. The van der Waals surface area contributed by atoms with Gasteiger partial charge in [0.25, 0.3) is 5.91 Å². The number of quaternary nitrogens is 1. The third-order valence-electron chi connectivity index (χ3n) is 2.33. The summed E-state index contributed by atoms with van der Waals surface area (Å²) >= 11 is 0. The second kappa shape index (κ2) is 3.19. The van der Waals surface area contributed by atoms with Crippen molar-refractivity contribution in [2.45, 2.75) is 12.8 Å². The van der Waals surface area contributed by atoms with E-state index in [4.69, 9.17) is 5.84 Å². The van der Waals surface area contributed by atoms with E-state index in [1.165, 1.54) is 12.8 Å². The van der Waals surface area contributed by atoms with Gasteiger partial charge in [-0.1, -0.05) is 0 Å². The first-order valence-corrected chi connectivity index (χ1v) is 3.99. The number of rotatable bonds is 2. The van der Waals surface area contributed by atoms with Crippen molar-refractivity contribution in [3.05, 3.63) is 0 Å². The standard InChI is InChI=1S/C7H15N3O/c1-10(4-2-3-5-10)6-7(11)9-8/h2-6,8H2,1H3/p+1. The summed E-state index contributed by atoms with van der Waals surface area (Å²) in [6.07, 6.45) is 2.46. The molecule has 0 unspecified atom stereocenters. The van der Waals surface area contributed by atoms with E-state index in [9.17, 15) is 4.79 Å². The minimum Gasteiger partial charge on any atom is -0.318 e. The molecule has 0 spiro atoms.